The third-order valence-corrected chi connectivity index (χ3v) is 4.72. The Bertz CT molecular complexity index is 521. The van der Waals surface area contributed by atoms with Crippen molar-refractivity contribution < 1.29 is 4.79 Å². The Hall–Kier alpha value is -0.970. The van der Waals surface area contributed by atoms with Gasteiger partial charge >= 0.3 is 0 Å². The van der Waals surface area contributed by atoms with Crippen molar-refractivity contribution in [2.45, 2.75) is 11.3 Å². The van der Waals surface area contributed by atoms with Gasteiger partial charge in [0.25, 0.3) is 5.91 Å². The molecule has 0 aliphatic carbocycles. The van der Waals surface area contributed by atoms with Crippen LogP contribution >= 0.6 is 23.4 Å². The maximum atomic E-state index is 12.7. The number of halogens is 1. The molecule has 1 aliphatic heterocycles. The fraction of sp³-hybridized carbons (Fsp3) is 0.438. The van der Waals surface area contributed by atoms with Crippen LogP contribution in [-0.2, 0) is 0 Å². The lowest BCUT2D eigenvalue weighted by molar-refractivity contribution is 0.0762. The van der Waals surface area contributed by atoms with Gasteiger partial charge in [-0.05, 0) is 30.9 Å². The summed E-state index contributed by atoms with van der Waals surface area (Å²) in [7, 11) is 0. The van der Waals surface area contributed by atoms with Gasteiger partial charge in [-0.25, -0.2) is 0 Å². The van der Waals surface area contributed by atoms with E-state index in [1.807, 2.05) is 35.4 Å². The molecule has 1 heterocycles. The van der Waals surface area contributed by atoms with Gasteiger partial charge in [0.1, 0.15) is 0 Å². The van der Waals surface area contributed by atoms with E-state index in [2.05, 4.69) is 11.5 Å². The molecular formula is C16H21ClN2OS. The topological polar surface area (TPSA) is 23.6 Å². The zero-order chi connectivity index (χ0) is 15.2. The third kappa shape index (κ3) is 4.25. The van der Waals surface area contributed by atoms with Crippen molar-refractivity contribution in [3.8, 4) is 0 Å². The van der Waals surface area contributed by atoms with Gasteiger partial charge in [0.15, 0.2) is 0 Å². The molecule has 5 heteroatoms. The van der Waals surface area contributed by atoms with Gasteiger partial charge in [-0.2, -0.15) is 0 Å². The second-order valence-electron chi connectivity index (χ2n) is 5.08. The number of carbonyl (C=O) groups is 1. The van der Waals surface area contributed by atoms with Crippen LogP contribution in [0, 0.1) is 0 Å². The molecule has 1 aromatic carbocycles. The quantitative estimate of drug-likeness (QED) is 0.626. The standard InChI is InChI=1S/C16H21ClN2OS/c1-3-7-18-8-4-9-19(11-10-18)16(20)14-12-13(21-2)5-6-15(14)17/h3,5-6,12H,1,4,7-11H2,2H3. The first kappa shape index (κ1) is 16.4. The summed E-state index contributed by atoms with van der Waals surface area (Å²) in [4.78, 5) is 18.0. The molecule has 3 nitrogen and oxygen atoms in total. The summed E-state index contributed by atoms with van der Waals surface area (Å²) in [5, 5.41) is 0.532. The van der Waals surface area contributed by atoms with Crippen LogP contribution in [0.2, 0.25) is 5.02 Å². The SMILES string of the molecule is C=CCN1CCCN(C(=O)c2cc(SC)ccc2Cl)CC1. The lowest BCUT2D eigenvalue weighted by Crippen LogP contribution is -2.35. The van der Waals surface area contributed by atoms with Crippen LogP contribution in [0.4, 0.5) is 0 Å². The Morgan fingerprint density at radius 3 is 2.90 bits per heavy atom. The molecule has 0 bridgehead atoms. The third-order valence-electron chi connectivity index (χ3n) is 3.67. The lowest BCUT2D eigenvalue weighted by atomic mass is 10.2. The number of hydrogen-bond acceptors (Lipinski definition) is 3. The molecule has 114 valence electrons. The number of benzene rings is 1. The molecule has 0 unspecified atom stereocenters. The largest absolute Gasteiger partial charge is 0.337 e. The number of carbonyl (C=O) groups excluding carboxylic acids is 1. The van der Waals surface area contributed by atoms with Gasteiger partial charge in [0.05, 0.1) is 10.6 Å². The highest BCUT2D eigenvalue weighted by atomic mass is 35.5. The molecule has 0 saturated carbocycles. The van der Waals surface area contributed by atoms with E-state index in [1.54, 1.807) is 11.8 Å². The van der Waals surface area contributed by atoms with E-state index in [4.69, 9.17) is 11.6 Å². The summed E-state index contributed by atoms with van der Waals surface area (Å²) in [5.74, 6) is 0.0383. The summed E-state index contributed by atoms with van der Waals surface area (Å²) in [6, 6.07) is 5.64. The zero-order valence-corrected chi connectivity index (χ0v) is 13.9. The molecule has 1 aliphatic rings. The van der Waals surface area contributed by atoms with Crippen LogP contribution in [0.25, 0.3) is 0 Å². The smallest absolute Gasteiger partial charge is 0.255 e. The Labute approximate surface area is 135 Å². The molecule has 2 rings (SSSR count). The van der Waals surface area contributed by atoms with Gasteiger partial charge in [-0.1, -0.05) is 17.7 Å². The van der Waals surface area contributed by atoms with Crippen molar-refractivity contribution in [3.63, 3.8) is 0 Å². The molecule has 1 aromatic rings. The number of hydrogen-bond donors (Lipinski definition) is 0. The van der Waals surface area contributed by atoms with Crippen LogP contribution in [0.3, 0.4) is 0 Å². The first-order valence-electron chi connectivity index (χ1n) is 7.11. The number of rotatable bonds is 4. The predicted octanol–water partition coefficient (Wildman–Crippen LogP) is 3.40. The minimum Gasteiger partial charge on any atom is -0.337 e. The monoisotopic (exact) mass is 324 g/mol. The highest BCUT2D eigenvalue weighted by molar-refractivity contribution is 7.98. The van der Waals surface area contributed by atoms with Gasteiger partial charge in [0.2, 0.25) is 0 Å². The average molecular weight is 325 g/mol. The van der Waals surface area contributed by atoms with Crippen LogP contribution in [0.15, 0.2) is 35.7 Å². The highest BCUT2D eigenvalue weighted by Gasteiger charge is 2.21. The van der Waals surface area contributed by atoms with Crippen LogP contribution in [-0.4, -0.2) is 54.7 Å². The van der Waals surface area contributed by atoms with Crippen LogP contribution in [0.1, 0.15) is 16.8 Å². The molecule has 0 aromatic heterocycles. The van der Waals surface area contributed by atoms with Gasteiger partial charge in [-0.15, -0.1) is 18.3 Å². The summed E-state index contributed by atoms with van der Waals surface area (Å²) in [5.41, 5.74) is 0.612. The Kier molecular flexibility index (Phi) is 6.15. The molecule has 1 fully saturated rings. The molecule has 1 amide bonds. The van der Waals surface area contributed by atoms with Crippen molar-refractivity contribution in [2.24, 2.45) is 0 Å². The average Bonchev–Trinajstić information content (AvgIpc) is 2.73. The van der Waals surface area contributed by atoms with Crippen molar-refractivity contribution in [3.05, 3.63) is 41.4 Å². The Balaban J connectivity index is 2.11. The van der Waals surface area contributed by atoms with Crippen molar-refractivity contribution in [1.82, 2.24) is 9.80 Å². The van der Waals surface area contributed by atoms with E-state index in [0.717, 1.165) is 44.0 Å². The first-order chi connectivity index (χ1) is 10.2. The second kappa shape index (κ2) is 7.87. The van der Waals surface area contributed by atoms with E-state index in [9.17, 15) is 4.79 Å². The summed E-state index contributed by atoms with van der Waals surface area (Å²) < 4.78 is 0. The summed E-state index contributed by atoms with van der Waals surface area (Å²) >= 11 is 7.82. The minimum atomic E-state index is 0.0383. The van der Waals surface area contributed by atoms with Gasteiger partial charge in [0, 0.05) is 37.6 Å². The first-order valence-corrected chi connectivity index (χ1v) is 8.72. The second-order valence-corrected chi connectivity index (χ2v) is 6.37. The summed E-state index contributed by atoms with van der Waals surface area (Å²) in [6.45, 7) is 8.08. The fourth-order valence-corrected chi connectivity index (χ4v) is 3.14. The van der Waals surface area contributed by atoms with Crippen molar-refractivity contribution in [1.29, 1.82) is 0 Å². The lowest BCUT2D eigenvalue weighted by Gasteiger charge is -2.22. The van der Waals surface area contributed by atoms with Gasteiger partial charge < -0.3 is 4.90 Å². The van der Waals surface area contributed by atoms with Gasteiger partial charge in [-0.3, -0.25) is 9.69 Å². The van der Waals surface area contributed by atoms with E-state index >= 15 is 0 Å². The summed E-state index contributed by atoms with van der Waals surface area (Å²) in [6.07, 6.45) is 4.90. The van der Waals surface area contributed by atoms with Crippen LogP contribution < -0.4 is 0 Å². The predicted molar refractivity (Wildman–Crippen MR) is 90.4 cm³/mol. The van der Waals surface area contributed by atoms with E-state index in [-0.39, 0.29) is 5.91 Å². The Morgan fingerprint density at radius 1 is 1.38 bits per heavy atom. The molecule has 0 atom stereocenters. The number of amides is 1. The molecule has 0 radical (unpaired) electrons. The maximum absolute atomic E-state index is 12.7. The van der Waals surface area contributed by atoms with Crippen molar-refractivity contribution >= 4 is 29.3 Å². The number of thioether (sulfide) groups is 1. The maximum Gasteiger partial charge on any atom is 0.255 e. The molecule has 0 N–H and O–H groups in total. The number of nitrogens with zero attached hydrogens (tertiary/aromatic N) is 2. The van der Waals surface area contributed by atoms with E-state index in [1.165, 1.54) is 0 Å². The van der Waals surface area contributed by atoms with E-state index in [0.29, 0.717) is 10.6 Å². The molecule has 1 saturated heterocycles. The van der Waals surface area contributed by atoms with E-state index < -0.39 is 0 Å². The normalized spacial score (nSPS) is 16.6. The highest BCUT2D eigenvalue weighted by Crippen LogP contribution is 2.24. The molecular weight excluding hydrogens is 304 g/mol. The zero-order valence-electron chi connectivity index (χ0n) is 12.3. The van der Waals surface area contributed by atoms with Crippen molar-refractivity contribution in [2.75, 3.05) is 39.0 Å². The van der Waals surface area contributed by atoms with Crippen LogP contribution in [0.5, 0.6) is 0 Å². The Morgan fingerprint density at radius 2 is 2.19 bits per heavy atom. The fourth-order valence-electron chi connectivity index (χ4n) is 2.50. The molecule has 0 spiro atoms. The minimum absolute atomic E-state index is 0.0383. The molecule has 21 heavy (non-hydrogen) atoms.